The van der Waals surface area contributed by atoms with E-state index >= 15 is 0 Å². The van der Waals surface area contributed by atoms with Gasteiger partial charge in [0, 0.05) is 5.56 Å². The van der Waals surface area contributed by atoms with Crippen molar-refractivity contribution in [3.63, 3.8) is 0 Å². The van der Waals surface area contributed by atoms with Crippen molar-refractivity contribution < 1.29 is 9.53 Å². The van der Waals surface area contributed by atoms with Crippen LogP contribution in [0.1, 0.15) is 69.2 Å². The van der Waals surface area contributed by atoms with Gasteiger partial charge < -0.3 is 4.74 Å². The Hall–Kier alpha value is -1.31. The molecule has 0 bridgehead atoms. The summed E-state index contributed by atoms with van der Waals surface area (Å²) in [5, 5.41) is 0. The zero-order valence-corrected chi connectivity index (χ0v) is 12.2. The van der Waals surface area contributed by atoms with E-state index in [1.165, 1.54) is 38.5 Å². The van der Waals surface area contributed by atoms with Crippen molar-refractivity contribution in [3.05, 3.63) is 29.8 Å². The maximum absolute atomic E-state index is 10.7. The fourth-order valence-corrected chi connectivity index (χ4v) is 2.16. The highest BCUT2D eigenvalue weighted by molar-refractivity contribution is 5.75. The predicted molar refractivity (Wildman–Crippen MR) is 79.9 cm³/mol. The normalized spacial score (nSPS) is 12.1. The summed E-state index contributed by atoms with van der Waals surface area (Å²) >= 11 is 0. The fourth-order valence-electron chi connectivity index (χ4n) is 2.16. The summed E-state index contributed by atoms with van der Waals surface area (Å²) in [5.41, 5.74) is 0.671. The number of rotatable bonds is 10. The van der Waals surface area contributed by atoms with E-state index in [0.29, 0.717) is 5.56 Å². The second-order valence-electron chi connectivity index (χ2n) is 5.18. The lowest BCUT2D eigenvalue weighted by Gasteiger charge is -2.14. The van der Waals surface area contributed by atoms with Crippen molar-refractivity contribution in [2.75, 3.05) is 0 Å². The van der Waals surface area contributed by atoms with Crippen molar-refractivity contribution >= 4 is 6.29 Å². The third-order valence-corrected chi connectivity index (χ3v) is 3.30. The molecular weight excluding hydrogens is 236 g/mol. The molecule has 0 amide bonds. The van der Waals surface area contributed by atoms with E-state index in [-0.39, 0.29) is 6.10 Å². The molecule has 0 aliphatic carbocycles. The first-order chi connectivity index (χ1) is 9.26. The molecule has 0 radical (unpaired) electrons. The number of hydrogen-bond acceptors (Lipinski definition) is 2. The van der Waals surface area contributed by atoms with Crippen LogP contribution < -0.4 is 4.74 Å². The van der Waals surface area contributed by atoms with E-state index in [1.54, 1.807) is 12.1 Å². The summed E-state index contributed by atoms with van der Waals surface area (Å²) in [5.74, 6) is 0.795. The van der Waals surface area contributed by atoms with Crippen LogP contribution in [0.15, 0.2) is 24.3 Å². The number of carbonyl (C=O) groups is 1. The van der Waals surface area contributed by atoms with Gasteiger partial charge in [0.05, 0.1) is 6.10 Å². The van der Waals surface area contributed by atoms with Crippen molar-refractivity contribution in [2.24, 2.45) is 0 Å². The Balaban J connectivity index is 2.19. The third-order valence-electron chi connectivity index (χ3n) is 3.30. The summed E-state index contributed by atoms with van der Waals surface area (Å²) in [6, 6.07) is 7.35. The molecule has 2 nitrogen and oxygen atoms in total. The van der Waals surface area contributed by atoms with Crippen molar-refractivity contribution in [1.82, 2.24) is 0 Å². The molecule has 0 aliphatic heterocycles. The average molecular weight is 262 g/mol. The zero-order chi connectivity index (χ0) is 13.9. The Morgan fingerprint density at radius 3 is 2.63 bits per heavy atom. The molecule has 1 atom stereocenters. The molecule has 19 heavy (non-hydrogen) atoms. The van der Waals surface area contributed by atoms with E-state index in [0.717, 1.165) is 18.5 Å². The van der Waals surface area contributed by atoms with Crippen molar-refractivity contribution in [1.29, 1.82) is 0 Å². The lowest BCUT2D eigenvalue weighted by Crippen LogP contribution is -2.11. The summed E-state index contributed by atoms with van der Waals surface area (Å²) in [4.78, 5) is 10.7. The highest BCUT2D eigenvalue weighted by Crippen LogP contribution is 2.16. The lowest BCUT2D eigenvalue weighted by molar-refractivity contribution is 0.112. The van der Waals surface area contributed by atoms with Crippen LogP contribution in [0.5, 0.6) is 5.75 Å². The van der Waals surface area contributed by atoms with Crippen LogP contribution in [0.2, 0.25) is 0 Å². The smallest absolute Gasteiger partial charge is 0.150 e. The summed E-state index contributed by atoms with van der Waals surface area (Å²) in [6.45, 7) is 4.34. The topological polar surface area (TPSA) is 26.3 Å². The zero-order valence-electron chi connectivity index (χ0n) is 12.2. The lowest BCUT2D eigenvalue weighted by atomic mass is 10.1. The molecular formula is C17H26O2. The first-order valence-electron chi connectivity index (χ1n) is 7.48. The van der Waals surface area contributed by atoms with Crippen LogP contribution >= 0.6 is 0 Å². The first kappa shape index (κ1) is 15.7. The van der Waals surface area contributed by atoms with Gasteiger partial charge in [-0.05, 0) is 31.9 Å². The van der Waals surface area contributed by atoms with Crippen molar-refractivity contribution in [3.8, 4) is 5.75 Å². The van der Waals surface area contributed by atoms with Crippen LogP contribution in [0.3, 0.4) is 0 Å². The highest BCUT2D eigenvalue weighted by atomic mass is 16.5. The van der Waals surface area contributed by atoms with Gasteiger partial charge in [-0.1, -0.05) is 51.2 Å². The van der Waals surface area contributed by atoms with Crippen LogP contribution in [-0.4, -0.2) is 12.4 Å². The standard InChI is InChI=1S/C17H26O2/c1-3-4-5-6-7-8-10-15(2)19-17-12-9-11-16(13-17)14-18/h9,11-15H,3-8,10H2,1-2H3. The highest BCUT2D eigenvalue weighted by Gasteiger charge is 2.04. The van der Waals surface area contributed by atoms with E-state index < -0.39 is 0 Å². The molecule has 0 saturated heterocycles. The van der Waals surface area contributed by atoms with Gasteiger partial charge in [0.1, 0.15) is 12.0 Å². The number of carbonyl (C=O) groups excluding carboxylic acids is 1. The van der Waals surface area contributed by atoms with Crippen LogP contribution in [0, 0.1) is 0 Å². The Morgan fingerprint density at radius 2 is 1.89 bits per heavy atom. The Morgan fingerprint density at radius 1 is 1.16 bits per heavy atom. The van der Waals surface area contributed by atoms with Gasteiger partial charge in [-0.15, -0.1) is 0 Å². The van der Waals surface area contributed by atoms with Gasteiger partial charge in [-0.3, -0.25) is 4.79 Å². The molecule has 0 spiro atoms. The van der Waals surface area contributed by atoms with E-state index in [9.17, 15) is 4.79 Å². The minimum absolute atomic E-state index is 0.216. The number of benzene rings is 1. The SMILES string of the molecule is CCCCCCCCC(C)Oc1cccc(C=O)c1. The molecule has 0 N–H and O–H groups in total. The van der Waals surface area contributed by atoms with Gasteiger partial charge in [-0.2, -0.15) is 0 Å². The molecule has 1 aromatic rings. The molecule has 0 fully saturated rings. The van der Waals surface area contributed by atoms with Gasteiger partial charge in [0.2, 0.25) is 0 Å². The van der Waals surface area contributed by atoms with Gasteiger partial charge >= 0.3 is 0 Å². The number of ether oxygens (including phenoxy) is 1. The summed E-state index contributed by atoms with van der Waals surface area (Å²) < 4.78 is 5.83. The van der Waals surface area contributed by atoms with Gasteiger partial charge in [0.15, 0.2) is 0 Å². The van der Waals surface area contributed by atoms with Crippen LogP contribution in [0.25, 0.3) is 0 Å². The van der Waals surface area contributed by atoms with E-state index in [4.69, 9.17) is 4.74 Å². The monoisotopic (exact) mass is 262 g/mol. The largest absolute Gasteiger partial charge is 0.491 e. The number of unbranched alkanes of at least 4 members (excludes halogenated alkanes) is 5. The first-order valence-corrected chi connectivity index (χ1v) is 7.48. The van der Waals surface area contributed by atoms with E-state index in [2.05, 4.69) is 13.8 Å². The molecule has 0 aromatic heterocycles. The Kier molecular flexibility index (Phi) is 7.95. The second kappa shape index (κ2) is 9.60. The molecule has 1 rings (SSSR count). The molecule has 2 heteroatoms. The minimum atomic E-state index is 0.216. The van der Waals surface area contributed by atoms with Gasteiger partial charge in [-0.25, -0.2) is 0 Å². The average Bonchev–Trinajstić information content (AvgIpc) is 2.43. The molecule has 0 aliphatic rings. The Labute approximate surface area is 117 Å². The molecule has 0 saturated carbocycles. The quantitative estimate of drug-likeness (QED) is 0.437. The maximum atomic E-state index is 10.7. The molecule has 106 valence electrons. The molecule has 1 aromatic carbocycles. The molecule has 0 heterocycles. The summed E-state index contributed by atoms with van der Waals surface area (Å²) in [6.07, 6.45) is 10.0. The number of hydrogen-bond donors (Lipinski definition) is 0. The number of aldehydes is 1. The fraction of sp³-hybridized carbons (Fsp3) is 0.588. The van der Waals surface area contributed by atoms with Crippen molar-refractivity contribution in [2.45, 2.75) is 64.9 Å². The van der Waals surface area contributed by atoms with Crippen LogP contribution in [0.4, 0.5) is 0 Å². The maximum Gasteiger partial charge on any atom is 0.150 e. The Bertz CT molecular complexity index is 360. The minimum Gasteiger partial charge on any atom is -0.491 e. The summed E-state index contributed by atoms with van der Waals surface area (Å²) in [7, 11) is 0. The van der Waals surface area contributed by atoms with Crippen LogP contribution in [-0.2, 0) is 0 Å². The van der Waals surface area contributed by atoms with Gasteiger partial charge in [0.25, 0.3) is 0 Å². The van der Waals surface area contributed by atoms with E-state index in [1.807, 2.05) is 12.1 Å². The second-order valence-corrected chi connectivity index (χ2v) is 5.18. The third kappa shape index (κ3) is 7.00. The molecule has 1 unspecified atom stereocenters. The predicted octanol–water partition coefficient (Wildman–Crippen LogP) is 5.02.